The molecule has 0 saturated heterocycles. The minimum Gasteiger partial charge on any atom is -0.491 e. The summed E-state index contributed by atoms with van der Waals surface area (Å²) in [6.45, 7) is 4.56. The van der Waals surface area contributed by atoms with Crippen LogP contribution in [-0.2, 0) is 23.9 Å². The molecule has 3 rings (SSSR count). The summed E-state index contributed by atoms with van der Waals surface area (Å²) in [7, 11) is 0. The molecule has 1 aliphatic carbocycles. The number of esters is 3. The smallest absolute Gasteiger partial charge is 0.314 e. The fourth-order valence-corrected chi connectivity index (χ4v) is 3.74. The molecule has 188 valence electrons. The van der Waals surface area contributed by atoms with Crippen LogP contribution in [-0.4, -0.2) is 44.3 Å². The number of hydrogen-bond donors (Lipinski definition) is 0. The molecular weight excluding hydrogens is 452 g/mol. The maximum absolute atomic E-state index is 12.6. The van der Waals surface area contributed by atoms with Gasteiger partial charge in [-0.2, -0.15) is 0 Å². The molecule has 0 unspecified atom stereocenters. The molecule has 2 aromatic carbocycles. The van der Waals surface area contributed by atoms with Crippen molar-refractivity contribution in [2.45, 2.75) is 39.5 Å². The first kappa shape index (κ1) is 26.2. The SMILES string of the molecule is CC(=O)OCCOCCOc1ccc(OC(=O)[C@H]2CC[C@H](C(=O)Oc3ccc(C)cc3)CC2)cc1. The fourth-order valence-electron chi connectivity index (χ4n) is 3.74. The van der Waals surface area contributed by atoms with E-state index in [-0.39, 0.29) is 36.4 Å². The second kappa shape index (κ2) is 13.5. The van der Waals surface area contributed by atoms with E-state index in [0.29, 0.717) is 62.8 Å². The molecule has 8 heteroatoms. The second-order valence-electron chi connectivity index (χ2n) is 8.48. The molecule has 0 radical (unpaired) electrons. The van der Waals surface area contributed by atoms with Gasteiger partial charge in [-0.15, -0.1) is 0 Å². The summed E-state index contributed by atoms with van der Waals surface area (Å²) in [5.41, 5.74) is 1.10. The summed E-state index contributed by atoms with van der Waals surface area (Å²) < 4.78 is 26.7. The normalized spacial score (nSPS) is 17.3. The van der Waals surface area contributed by atoms with Crippen LogP contribution in [0.15, 0.2) is 48.5 Å². The van der Waals surface area contributed by atoms with Gasteiger partial charge in [0.05, 0.1) is 25.0 Å². The first-order valence-corrected chi connectivity index (χ1v) is 11.8. The summed E-state index contributed by atoms with van der Waals surface area (Å²) in [5, 5.41) is 0. The summed E-state index contributed by atoms with van der Waals surface area (Å²) in [5.74, 6) is 0.303. The van der Waals surface area contributed by atoms with E-state index in [9.17, 15) is 14.4 Å². The highest BCUT2D eigenvalue weighted by Crippen LogP contribution is 2.31. The van der Waals surface area contributed by atoms with Crippen LogP contribution in [0.3, 0.4) is 0 Å². The van der Waals surface area contributed by atoms with Crippen LogP contribution in [0, 0.1) is 18.8 Å². The van der Waals surface area contributed by atoms with Gasteiger partial charge in [0.25, 0.3) is 0 Å². The standard InChI is InChI=1S/C27H32O8/c1-19-3-9-24(10-4-19)34-26(29)21-5-7-22(8-6-21)27(30)35-25-13-11-23(12-14-25)33-18-16-31-15-17-32-20(2)28/h3-4,9-14,21-22H,5-8,15-18H2,1-2H3/t21-,22-. The van der Waals surface area contributed by atoms with Gasteiger partial charge in [0.1, 0.15) is 30.5 Å². The van der Waals surface area contributed by atoms with Gasteiger partial charge in [-0.3, -0.25) is 14.4 Å². The van der Waals surface area contributed by atoms with Gasteiger partial charge in [0, 0.05) is 6.92 Å². The van der Waals surface area contributed by atoms with E-state index in [0.717, 1.165) is 5.56 Å². The van der Waals surface area contributed by atoms with Gasteiger partial charge < -0.3 is 23.7 Å². The molecule has 1 saturated carbocycles. The van der Waals surface area contributed by atoms with Crippen molar-refractivity contribution in [3.05, 3.63) is 54.1 Å². The zero-order valence-electron chi connectivity index (χ0n) is 20.2. The maximum Gasteiger partial charge on any atom is 0.314 e. The average Bonchev–Trinajstić information content (AvgIpc) is 2.85. The lowest BCUT2D eigenvalue weighted by Crippen LogP contribution is -2.30. The highest BCUT2D eigenvalue weighted by atomic mass is 16.6. The van der Waals surface area contributed by atoms with E-state index in [1.54, 1.807) is 36.4 Å². The van der Waals surface area contributed by atoms with Crippen LogP contribution >= 0.6 is 0 Å². The maximum atomic E-state index is 12.6. The largest absolute Gasteiger partial charge is 0.491 e. The molecule has 35 heavy (non-hydrogen) atoms. The highest BCUT2D eigenvalue weighted by Gasteiger charge is 2.32. The third kappa shape index (κ3) is 9.05. The Labute approximate surface area is 205 Å². The van der Waals surface area contributed by atoms with Crippen LogP contribution in [0.1, 0.15) is 38.2 Å². The number of rotatable bonds is 11. The van der Waals surface area contributed by atoms with Gasteiger partial charge in [0.2, 0.25) is 0 Å². The molecule has 0 aromatic heterocycles. The van der Waals surface area contributed by atoms with Crippen LogP contribution in [0.4, 0.5) is 0 Å². The zero-order chi connectivity index (χ0) is 25.0. The minimum atomic E-state index is -0.336. The summed E-state index contributed by atoms with van der Waals surface area (Å²) in [4.78, 5) is 35.7. The molecule has 0 spiro atoms. The first-order valence-electron chi connectivity index (χ1n) is 11.8. The molecule has 0 aliphatic heterocycles. The van der Waals surface area contributed by atoms with E-state index < -0.39 is 0 Å². The zero-order valence-corrected chi connectivity index (χ0v) is 20.2. The van der Waals surface area contributed by atoms with Crippen molar-refractivity contribution < 1.29 is 38.1 Å². The van der Waals surface area contributed by atoms with E-state index in [4.69, 9.17) is 23.7 Å². The number of carbonyl (C=O) groups excluding carboxylic acids is 3. The van der Waals surface area contributed by atoms with Gasteiger partial charge in [-0.05, 0) is 69.0 Å². The number of aryl methyl sites for hydroxylation is 1. The first-order chi connectivity index (χ1) is 16.9. The Morgan fingerprint density at radius 1 is 0.686 bits per heavy atom. The topological polar surface area (TPSA) is 97.4 Å². The Morgan fingerprint density at radius 3 is 1.66 bits per heavy atom. The third-order valence-electron chi connectivity index (χ3n) is 5.70. The van der Waals surface area contributed by atoms with Gasteiger partial charge in [0.15, 0.2) is 0 Å². The van der Waals surface area contributed by atoms with Crippen LogP contribution in [0.25, 0.3) is 0 Å². The molecule has 0 N–H and O–H groups in total. The number of carbonyl (C=O) groups is 3. The minimum absolute atomic E-state index is 0.206. The average molecular weight is 485 g/mol. The van der Waals surface area contributed by atoms with Crippen molar-refractivity contribution in [2.75, 3.05) is 26.4 Å². The highest BCUT2D eigenvalue weighted by molar-refractivity contribution is 5.77. The summed E-state index contributed by atoms with van der Waals surface area (Å²) in [6.07, 6.45) is 2.37. The second-order valence-corrected chi connectivity index (χ2v) is 8.48. The van der Waals surface area contributed by atoms with Gasteiger partial charge >= 0.3 is 17.9 Å². The molecule has 8 nitrogen and oxygen atoms in total. The van der Waals surface area contributed by atoms with Crippen molar-refractivity contribution in [1.82, 2.24) is 0 Å². The molecular formula is C27H32O8. The van der Waals surface area contributed by atoms with Crippen molar-refractivity contribution in [1.29, 1.82) is 0 Å². The molecule has 1 aliphatic rings. The summed E-state index contributed by atoms with van der Waals surface area (Å²) >= 11 is 0. The Balaban J connectivity index is 1.34. The van der Waals surface area contributed by atoms with E-state index in [1.807, 2.05) is 19.1 Å². The van der Waals surface area contributed by atoms with Crippen LogP contribution < -0.4 is 14.2 Å². The lowest BCUT2D eigenvalue weighted by Gasteiger charge is -2.25. The Morgan fingerprint density at radius 2 is 1.14 bits per heavy atom. The van der Waals surface area contributed by atoms with Gasteiger partial charge in [-0.25, -0.2) is 0 Å². The van der Waals surface area contributed by atoms with Crippen molar-refractivity contribution in [2.24, 2.45) is 11.8 Å². The molecule has 0 bridgehead atoms. The summed E-state index contributed by atoms with van der Waals surface area (Å²) in [6, 6.07) is 14.2. The van der Waals surface area contributed by atoms with Crippen LogP contribution in [0.5, 0.6) is 17.2 Å². The van der Waals surface area contributed by atoms with Crippen LogP contribution in [0.2, 0.25) is 0 Å². The molecule has 1 fully saturated rings. The third-order valence-corrected chi connectivity index (χ3v) is 5.70. The molecule has 2 aromatic rings. The quantitative estimate of drug-likeness (QED) is 0.265. The molecule has 0 amide bonds. The number of ether oxygens (including phenoxy) is 5. The van der Waals surface area contributed by atoms with Crippen molar-refractivity contribution in [3.8, 4) is 17.2 Å². The predicted molar refractivity (Wildman–Crippen MR) is 127 cm³/mol. The lowest BCUT2D eigenvalue weighted by molar-refractivity contribution is -0.145. The van der Waals surface area contributed by atoms with Crippen molar-refractivity contribution >= 4 is 17.9 Å². The monoisotopic (exact) mass is 484 g/mol. The van der Waals surface area contributed by atoms with E-state index in [1.165, 1.54) is 6.92 Å². The number of benzene rings is 2. The Bertz CT molecular complexity index is 960. The van der Waals surface area contributed by atoms with Gasteiger partial charge in [-0.1, -0.05) is 17.7 Å². The Kier molecular flexibility index (Phi) is 10.1. The predicted octanol–water partition coefficient (Wildman–Crippen LogP) is 4.27. The van der Waals surface area contributed by atoms with E-state index in [2.05, 4.69) is 0 Å². The van der Waals surface area contributed by atoms with Crippen molar-refractivity contribution in [3.63, 3.8) is 0 Å². The Hall–Kier alpha value is -3.39. The lowest BCUT2D eigenvalue weighted by atomic mass is 9.82. The number of hydrogen-bond acceptors (Lipinski definition) is 8. The fraction of sp³-hybridized carbons (Fsp3) is 0.444. The van der Waals surface area contributed by atoms with E-state index >= 15 is 0 Å². The molecule has 0 heterocycles. The molecule has 0 atom stereocenters.